The monoisotopic (exact) mass is 499 g/mol. The van der Waals surface area contributed by atoms with E-state index in [-0.39, 0.29) is 43.6 Å². The molecule has 0 bridgehead atoms. The predicted molar refractivity (Wildman–Crippen MR) is 131 cm³/mol. The number of amides is 3. The summed E-state index contributed by atoms with van der Waals surface area (Å²) in [6.07, 6.45) is 1.29. The number of urea groups is 1. The molecule has 2 fully saturated rings. The lowest BCUT2D eigenvalue weighted by molar-refractivity contribution is -0.147. The Morgan fingerprint density at radius 3 is 2.37 bits per heavy atom. The number of aryl methyl sites for hydroxylation is 1. The summed E-state index contributed by atoms with van der Waals surface area (Å²) in [5.74, 6) is -0.511. The van der Waals surface area contributed by atoms with Crippen LogP contribution in [0.25, 0.3) is 0 Å². The number of carbonyl (C=O) groups excluding carboxylic acids is 2. The minimum Gasteiger partial charge on any atom is -0.491 e. The minimum atomic E-state index is -0.728. The van der Waals surface area contributed by atoms with Crippen molar-refractivity contribution in [3.8, 4) is 5.75 Å². The number of hydrogen-bond acceptors (Lipinski definition) is 5. The topological polar surface area (TPSA) is 90.4 Å². The number of rotatable bonds is 10. The third kappa shape index (κ3) is 5.94. The molecule has 4 rings (SSSR count). The lowest BCUT2D eigenvalue weighted by Gasteiger charge is -2.41. The fourth-order valence-corrected chi connectivity index (χ4v) is 4.69. The molecule has 0 unspecified atom stereocenters. The van der Waals surface area contributed by atoms with Crippen molar-refractivity contribution in [3.63, 3.8) is 0 Å². The van der Waals surface area contributed by atoms with Gasteiger partial charge >= 0.3 is 12.0 Å². The van der Waals surface area contributed by atoms with Crippen molar-refractivity contribution in [1.29, 1.82) is 0 Å². The summed E-state index contributed by atoms with van der Waals surface area (Å²) in [6.45, 7) is 3.90. The van der Waals surface area contributed by atoms with Crippen molar-refractivity contribution < 1.29 is 24.2 Å². The standard InChI is InChI=1S/C26H30ClN3O5/c1-17-11-19(5-8-23(17)35-10-9-30-24(31)16-28(2)26(30)34)15-29(22-12-20(13-22)25(32)33)14-18-3-6-21(27)7-4-18/h3-8,11,20,22H,9-10,12-16H2,1-2H3,(H,32,33)/t20-,22+. The Hall–Kier alpha value is -3.10. The Morgan fingerprint density at radius 1 is 1.11 bits per heavy atom. The maximum absolute atomic E-state index is 12.0. The van der Waals surface area contributed by atoms with Crippen LogP contribution in [0, 0.1) is 12.8 Å². The van der Waals surface area contributed by atoms with Gasteiger partial charge in [-0.2, -0.15) is 0 Å². The first-order valence-electron chi connectivity index (χ1n) is 11.7. The molecular weight excluding hydrogens is 470 g/mol. The molecule has 0 atom stereocenters. The van der Waals surface area contributed by atoms with E-state index in [0.717, 1.165) is 16.7 Å². The van der Waals surface area contributed by atoms with E-state index < -0.39 is 5.97 Å². The van der Waals surface area contributed by atoms with Crippen LogP contribution in [-0.4, -0.2) is 70.5 Å². The summed E-state index contributed by atoms with van der Waals surface area (Å²) in [4.78, 5) is 40.1. The largest absolute Gasteiger partial charge is 0.491 e. The molecule has 186 valence electrons. The second-order valence-electron chi connectivity index (χ2n) is 9.32. The van der Waals surface area contributed by atoms with Crippen molar-refractivity contribution in [2.45, 2.75) is 38.9 Å². The molecule has 0 spiro atoms. The fraction of sp³-hybridized carbons (Fsp3) is 0.423. The maximum atomic E-state index is 12.0. The van der Waals surface area contributed by atoms with E-state index in [1.807, 2.05) is 43.3 Å². The third-order valence-electron chi connectivity index (χ3n) is 6.71. The highest BCUT2D eigenvalue weighted by molar-refractivity contribution is 6.30. The van der Waals surface area contributed by atoms with Crippen LogP contribution in [0.4, 0.5) is 4.79 Å². The number of carbonyl (C=O) groups is 3. The van der Waals surface area contributed by atoms with Crippen molar-refractivity contribution in [1.82, 2.24) is 14.7 Å². The van der Waals surface area contributed by atoms with Gasteiger partial charge in [0.05, 0.1) is 12.5 Å². The average Bonchev–Trinajstić information content (AvgIpc) is 3.01. The van der Waals surface area contributed by atoms with E-state index in [0.29, 0.717) is 36.7 Å². The summed E-state index contributed by atoms with van der Waals surface area (Å²) in [5.41, 5.74) is 3.19. The highest BCUT2D eigenvalue weighted by Crippen LogP contribution is 2.34. The van der Waals surface area contributed by atoms with E-state index in [1.54, 1.807) is 7.05 Å². The number of likely N-dealkylation sites (N-methyl/N-ethyl adjacent to an activating group) is 1. The molecule has 0 aromatic heterocycles. The highest BCUT2D eigenvalue weighted by Gasteiger charge is 2.38. The first-order chi connectivity index (χ1) is 16.7. The zero-order chi connectivity index (χ0) is 25.1. The molecule has 1 aliphatic heterocycles. The van der Waals surface area contributed by atoms with Gasteiger partial charge in [-0.25, -0.2) is 4.79 Å². The summed E-state index contributed by atoms with van der Waals surface area (Å²) in [7, 11) is 1.60. The van der Waals surface area contributed by atoms with Crippen LogP contribution in [0.5, 0.6) is 5.75 Å². The summed E-state index contributed by atoms with van der Waals surface area (Å²) < 4.78 is 5.86. The second kappa shape index (κ2) is 10.7. The number of carboxylic acids is 1. The number of halogens is 1. The lowest BCUT2D eigenvalue weighted by atomic mass is 9.79. The second-order valence-corrected chi connectivity index (χ2v) is 9.76. The molecule has 2 aliphatic rings. The van der Waals surface area contributed by atoms with Gasteiger partial charge in [-0.3, -0.25) is 19.4 Å². The SMILES string of the molecule is Cc1cc(CN(Cc2ccc(Cl)cc2)[C@H]2C[C@@H](C(=O)O)C2)ccc1OCCN1C(=O)CN(C)C1=O. The van der Waals surface area contributed by atoms with Crippen LogP contribution >= 0.6 is 11.6 Å². The van der Waals surface area contributed by atoms with Gasteiger partial charge in [0.2, 0.25) is 5.91 Å². The molecule has 1 saturated heterocycles. The van der Waals surface area contributed by atoms with Crippen molar-refractivity contribution in [2.75, 3.05) is 26.7 Å². The zero-order valence-corrected chi connectivity index (χ0v) is 20.7. The summed E-state index contributed by atoms with van der Waals surface area (Å²) in [5, 5.41) is 9.99. The van der Waals surface area contributed by atoms with Gasteiger partial charge < -0.3 is 14.7 Å². The third-order valence-corrected chi connectivity index (χ3v) is 6.96. The summed E-state index contributed by atoms with van der Waals surface area (Å²) >= 11 is 6.03. The van der Waals surface area contributed by atoms with E-state index in [4.69, 9.17) is 16.3 Å². The van der Waals surface area contributed by atoms with Gasteiger partial charge in [0.1, 0.15) is 18.9 Å². The average molecular weight is 500 g/mol. The Labute approximate surface area is 210 Å². The van der Waals surface area contributed by atoms with Gasteiger partial charge in [-0.05, 0) is 54.7 Å². The number of imide groups is 1. The molecule has 35 heavy (non-hydrogen) atoms. The first-order valence-corrected chi connectivity index (χ1v) is 12.1. The summed E-state index contributed by atoms with van der Waals surface area (Å²) in [6, 6.07) is 13.6. The molecule has 9 heteroatoms. The van der Waals surface area contributed by atoms with Crippen LogP contribution in [0.2, 0.25) is 5.02 Å². The van der Waals surface area contributed by atoms with Gasteiger partial charge in [0, 0.05) is 31.2 Å². The Balaban J connectivity index is 1.38. The van der Waals surface area contributed by atoms with E-state index >= 15 is 0 Å². The maximum Gasteiger partial charge on any atom is 0.327 e. The fourth-order valence-electron chi connectivity index (χ4n) is 4.57. The molecule has 1 N–H and O–H groups in total. The smallest absolute Gasteiger partial charge is 0.327 e. The number of aliphatic carboxylic acids is 1. The van der Waals surface area contributed by atoms with Crippen LogP contribution in [0.15, 0.2) is 42.5 Å². The quantitative estimate of drug-likeness (QED) is 0.500. The number of carboxylic acid groups (broad SMARTS) is 1. The normalized spacial score (nSPS) is 19.9. The van der Waals surface area contributed by atoms with Gasteiger partial charge in [0.15, 0.2) is 0 Å². The zero-order valence-electron chi connectivity index (χ0n) is 19.9. The van der Waals surface area contributed by atoms with Crippen molar-refractivity contribution >= 4 is 29.5 Å². The van der Waals surface area contributed by atoms with Gasteiger partial charge in [-0.1, -0.05) is 35.9 Å². The van der Waals surface area contributed by atoms with Gasteiger partial charge in [-0.15, -0.1) is 0 Å². The molecule has 1 saturated carbocycles. The van der Waals surface area contributed by atoms with Gasteiger partial charge in [0.25, 0.3) is 0 Å². The molecule has 2 aromatic carbocycles. The Kier molecular flexibility index (Phi) is 7.62. The number of hydrogen-bond donors (Lipinski definition) is 1. The van der Waals surface area contributed by atoms with E-state index in [1.165, 1.54) is 9.80 Å². The molecule has 2 aromatic rings. The molecule has 8 nitrogen and oxygen atoms in total. The van der Waals surface area contributed by atoms with E-state index in [2.05, 4.69) is 11.0 Å². The van der Waals surface area contributed by atoms with Crippen LogP contribution in [-0.2, 0) is 22.7 Å². The van der Waals surface area contributed by atoms with Crippen molar-refractivity contribution in [3.05, 3.63) is 64.2 Å². The Morgan fingerprint density at radius 2 is 1.77 bits per heavy atom. The van der Waals surface area contributed by atoms with Crippen LogP contribution < -0.4 is 4.74 Å². The van der Waals surface area contributed by atoms with Crippen molar-refractivity contribution in [2.24, 2.45) is 5.92 Å². The first kappa shape index (κ1) is 25.0. The van der Waals surface area contributed by atoms with Crippen LogP contribution in [0.3, 0.4) is 0 Å². The number of benzene rings is 2. The lowest BCUT2D eigenvalue weighted by Crippen LogP contribution is -2.46. The number of ether oxygens (including phenoxy) is 1. The number of nitrogens with zero attached hydrogens (tertiary/aromatic N) is 3. The van der Waals surface area contributed by atoms with E-state index in [9.17, 15) is 19.5 Å². The molecule has 0 radical (unpaired) electrons. The highest BCUT2D eigenvalue weighted by atomic mass is 35.5. The molecule has 3 amide bonds. The predicted octanol–water partition coefficient (Wildman–Crippen LogP) is 3.79. The Bertz CT molecular complexity index is 1100. The van der Waals surface area contributed by atoms with Crippen LogP contribution in [0.1, 0.15) is 29.5 Å². The molecule has 1 aliphatic carbocycles. The minimum absolute atomic E-state index is 0.104. The molecular formula is C26H30ClN3O5. The molecule has 1 heterocycles.